The second-order valence-electron chi connectivity index (χ2n) is 6.69. The molecule has 2 aromatic carbocycles. The molecule has 29 heavy (non-hydrogen) atoms. The Morgan fingerprint density at radius 3 is 2.34 bits per heavy atom. The average Bonchev–Trinajstić information content (AvgIpc) is 2.68. The van der Waals surface area contributed by atoms with Crippen molar-refractivity contribution in [2.45, 2.75) is 34.6 Å². The molecule has 0 saturated heterocycles. The molecule has 0 radical (unpaired) electrons. The summed E-state index contributed by atoms with van der Waals surface area (Å²) in [5, 5.41) is 15.3. The van der Waals surface area contributed by atoms with Crippen LogP contribution in [0.4, 0.5) is 17.1 Å². The topological polar surface area (TPSA) is 68.2 Å². The third-order valence-electron chi connectivity index (χ3n) is 4.93. The lowest BCUT2D eigenvalue weighted by atomic mass is 10.1. The summed E-state index contributed by atoms with van der Waals surface area (Å²) in [4.78, 5) is 14.8. The van der Waals surface area contributed by atoms with Crippen molar-refractivity contribution in [2.24, 2.45) is 0 Å². The van der Waals surface area contributed by atoms with Crippen LogP contribution in [-0.2, 0) is 4.79 Å². The van der Waals surface area contributed by atoms with Gasteiger partial charge in [0.1, 0.15) is 11.6 Å². The van der Waals surface area contributed by atoms with E-state index in [0.29, 0.717) is 5.69 Å². The van der Waals surface area contributed by atoms with Crippen LogP contribution < -0.4 is 27.9 Å². The van der Waals surface area contributed by atoms with E-state index >= 15 is 0 Å². The number of halogens is 1. The van der Waals surface area contributed by atoms with E-state index in [-0.39, 0.29) is 18.0 Å². The SMILES string of the molecule is CCN(CC)c1ccc(N/C=C(/C#N)C(=O)Nc2cccc(C)c2C)c(C)c1.[Cl-]. The third-order valence-corrected chi connectivity index (χ3v) is 4.93. The zero-order valence-electron chi connectivity index (χ0n) is 17.6. The van der Waals surface area contributed by atoms with Crippen molar-refractivity contribution in [2.75, 3.05) is 28.6 Å². The Bertz CT molecular complexity index is 927. The normalized spacial score (nSPS) is 10.6. The molecular formula is C23H28ClN4O-. The fraction of sp³-hybridized carbons (Fsp3) is 0.304. The first-order valence-corrected chi connectivity index (χ1v) is 9.51. The van der Waals surface area contributed by atoms with Crippen molar-refractivity contribution >= 4 is 23.0 Å². The molecule has 2 aromatic rings. The molecular weight excluding hydrogens is 384 g/mol. The lowest BCUT2D eigenvalue weighted by Gasteiger charge is -2.22. The maximum atomic E-state index is 12.5. The Balaban J connectivity index is 0.00000420. The van der Waals surface area contributed by atoms with Gasteiger partial charge in [0.2, 0.25) is 0 Å². The number of aryl methyl sites for hydroxylation is 2. The standard InChI is InChI=1S/C23H28N4O.ClH/c1-6-27(7-2)20-11-12-21(17(4)13-20)25-15-19(14-24)23(28)26-22-10-8-9-16(3)18(22)5;/h8-13,15,25H,6-7H2,1-5H3,(H,26,28);1H/p-1/b19-15-;. The summed E-state index contributed by atoms with van der Waals surface area (Å²) in [6.45, 7) is 12.1. The molecule has 0 aliphatic carbocycles. The van der Waals surface area contributed by atoms with E-state index in [2.05, 4.69) is 35.4 Å². The van der Waals surface area contributed by atoms with Crippen LogP contribution in [0.1, 0.15) is 30.5 Å². The maximum Gasteiger partial charge on any atom is 0.267 e. The van der Waals surface area contributed by atoms with Crippen LogP contribution in [0.5, 0.6) is 0 Å². The second kappa shape index (κ2) is 11.1. The molecule has 1 amide bonds. The highest BCUT2D eigenvalue weighted by Gasteiger charge is 2.12. The molecule has 154 valence electrons. The van der Waals surface area contributed by atoms with Crippen molar-refractivity contribution in [1.29, 1.82) is 5.26 Å². The summed E-state index contributed by atoms with van der Waals surface area (Å²) in [6.07, 6.45) is 1.46. The molecule has 0 unspecified atom stereocenters. The van der Waals surface area contributed by atoms with E-state index in [1.54, 1.807) is 0 Å². The third kappa shape index (κ3) is 6.00. The van der Waals surface area contributed by atoms with Crippen molar-refractivity contribution < 1.29 is 17.2 Å². The first kappa shape index (κ1) is 24.1. The molecule has 0 aliphatic heterocycles. The van der Waals surface area contributed by atoms with Crippen LogP contribution in [0.15, 0.2) is 48.2 Å². The van der Waals surface area contributed by atoms with Crippen molar-refractivity contribution in [3.8, 4) is 6.07 Å². The van der Waals surface area contributed by atoms with Crippen LogP contribution in [0.2, 0.25) is 0 Å². The van der Waals surface area contributed by atoms with Crippen LogP contribution in [0, 0.1) is 32.1 Å². The lowest BCUT2D eigenvalue weighted by Crippen LogP contribution is -3.00. The number of anilines is 3. The molecule has 0 aromatic heterocycles. The average molecular weight is 412 g/mol. The Morgan fingerprint density at radius 1 is 1.07 bits per heavy atom. The number of amides is 1. The Labute approximate surface area is 179 Å². The number of rotatable bonds is 7. The van der Waals surface area contributed by atoms with Gasteiger partial charge in [0.15, 0.2) is 0 Å². The van der Waals surface area contributed by atoms with Gasteiger partial charge in [-0.05, 0) is 75.6 Å². The highest BCUT2D eigenvalue weighted by Crippen LogP contribution is 2.23. The van der Waals surface area contributed by atoms with Gasteiger partial charge < -0.3 is 27.9 Å². The molecule has 0 spiro atoms. The summed E-state index contributed by atoms with van der Waals surface area (Å²) in [5.41, 5.74) is 5.88. The number of hydrogen-bond donors (Lipinski definition) is 2. The molecule has 2 N–H and O–H groups in total. The number of benzene rings is 2. The summed E-state index contributed by atoms with van der Waals surface area (Å²) in [6, 6.07) is 13.8. The highest BCUT2D eigenvalue weighted by atomic mass is 35.5. The number of carbonyl (C=O) groups is 1. The summed E-state index contributed by atoms with van der Waals surface area (Å²) in [7, 11) is 0. The summed E-state index contributed by atoms with van der Waals surface area (Å²) in [5.74, 6) is -0.430. The smallest absolute Gasteiger partial charge is 0.267 e. The molecule has 0 aliphatic rings. The van der Waals surface area contributed by atoms with E-state index in [1.165, 1.54) is 6.20 Å². The highest BCUT2D eigenvalue weighted by molar-refractivity contribution is 6.07. The monoisotopic (exact) mass is 411 g/mol. The zero-order chi connectivity index (χ0) is 20.7. The van der Waals surface area contributed by atoms with E-state index in [1.807, 2.05) is 57.2 Å². The van der Waals surface area contributed by atoms with Gasteiger partial charge in [-0.3, -0.25) is 4.79 Å². The van der Waals surface area contributed by atoms with Gasteiger partial charge in [-0.15, -0.1) is 0 Å². The lowest BCUT2D eigenvalue weighted by molar-refractivity contribution is -0.112. The van der Waals surface area contributed by atoms with E-state index in [9.17, 15) is 10.1 Å². The van der Waals surface area contributed by atoms with Gasteiger partial charge in [-0.1, -0.05) is 12.1 Å². The molecule has 2 rings (SSSR count). The van der Waals surface area contributed by atoms with Gasteiger partial charge in [0.05, 0.1) is 0 Å². The van der Waals surface area contributed by atoms with E-state index in [0.717, 1.165) is 41.2 Å². The van der Waals surface area contributed by atoms with Crippen LogP contribution in [-0.4, -0.2) is 19.0 Å². The molecule has 6 heteroatoms. The first-order chi connectivity index (χ1) is 13.4. The summed E-state index contributed by atoms with van der Waals surface area (Å²) >= 11 is 0. The van der Waals surface area contributed by atoms with Gasteiger partial charge in [-0.25, -0.2) is 0 Å². The van der Waals surface area contributed by atoms with Crippen molar-refractivity contribution in [1.82, 2.24) is 0 Å². The second-order valence-corrected chi connectivity index (χ2v) is 6.69. The minimum atomic E-state index is -0.430. The van der Waals surface area contributed by atoms with Crippen LogP contribution in [0.3, 0.4) is 0 Å². The summed E-state index contributed by atoms with van der Waals surface area (Å²) < 4.78 is 0. The van der Waals surface area contributed by atoms with Crippen LogP contribution in [0.25, 0.3) is 0 Å². The van der Waals surface area contributed by atoms with E-state index in [4.69, 9.17) is 0 Å². The number of nitrogens with one attached hydrogen (secondary N) is 2. The number of nitriles is 1. The Hall–Kier alpha value is -2.97. The van der Waals surface area contributed by atoms with Gasteiger partial charge in [0.25, 0.3) is 5.91 Å². The number of hydrogen-bond acceptors (Lipinski definition) is 4. The minimum absolute atomic E-state index is 0. The maximum absolute atomic E-state index is 12.5. The molecule has 5 nitrogen and oxygen atoms in total. The van der Waals surface area contributed by atoms with Gasteiger partial charge in [0, 0.05) is 36.4 Å². The Morgan fingerprint density at radius 2 is 1.76 bits per heavy atom. The van der Waals surface area contributed by atoms with Gasteiger partial charge >= 0.3 is 0 Å². The Kier molecular flexibility index (Phi) is 9.24. The van der Waals surface area contributed by atoms with E-state index < -0.39 is 5.91 Å². The van der Waals surface area contributed by atoms with Crippen molar-refractivity contribution in [3.63, 3.8) is 0 Å². The quantitative estimate of drug-likeness (QED) is 0.539. The number of carbonyl (C=O) groups excluding carboxylic acids is 1. The van der Waals surface area contributed by atoms with Crippen LogP contribution >= 0.6 is 0 Å². The molecule has 0 saturated carbocycles. The molecule has 0 atom stereocenters. The number of nitrogens with zero attached hydrogens (tertiary/aromatic N) is 2. The molecule has 0 bridgehead atoms. The predicted octanol–water partition coefficient (Wildman–Crippen LogP) is 1.92. The minimum Gasteiger partial charge on any atom is -1.00 e. The van der Waals surface area contributed by atoms with Gasteiger partial charge in [-0.2, -0.15) is 5.26 Å². The predicted molar refractivity (Wildman–Crippen MR) is 117 cm³/mol. The first-order valence-electron chi connectivity index (χ1n) is 9.51. The fourth-order valence-corrected chi connectivity index (χ4v) is 2.97. The molecule has 0 heterocycles. The zero-order valence-corrected chi connectivity index (χ0v) is 18.4. The fourth-order valence-electron chi connectivity index (χ4n) is 2.97. The largest absolute Gasteiger partial charge is 1.00 e. The van der Waals surface area contributed by atoms with Crippen molar-refractivity contribution in [3.05, 3.63) is 64.9 Å². The molecule has 0 fully saturated rings.